The minimum absolute atomic E-state index is 0.0848. The van der Waals surface area contributed by atoms with E-state index >= 15 is 0 Å². The number of sulfonamides is 1. The summed E-state index contributed by atoms with van der Waals surface area (Å²) in [4.78, 5) is 29.2. The van der Waals surface area contributed by atoms with Crippen LogP contribution in [0.4, 0.5) is 5.69 Å². The molecule has 0 aliphatic carbocycles. The van der Waals surface area contributed by atoms with Crippen LogP contribution in [0.2, 0.25) is 0 Å². The average Bonchev–Trinajstić information content (AvgIpc) is 3.24. The predicted octanol–water partition coefficient (Wildman–Crippen LogP) is 3.99. The number of ether oxygens (including phenoxy) is 1. The van der Waals surface area contributed by atoms with Crippen LogP contribution in [0.15, 0.2) is 58.8 Å². The Bertz CT molecular complexity index is 1230. The molecule has 1 aromatic heterocycles. The molecule has 0 bridgehead atoms. The minimum Gasteiger partial charge on any atom is -0.448 e. The van der Waals surface area contributed by atoms with Gasteiger partial charge in [-0.15, -0.1) is 11.3 Å². The number of aryl methyl sites for hydroxylation is 1. The van der Waals surface area contributed by atoms with Crippen LogP contribution in [0.3, 0.4) is 0 Å². The van der Waals surface area contributed by atoms with E-state index in [2.05, 4.69) is 15.0 Å². The molecule has 0 saturated heterocycles. The number of benzene rings is 2. The van der Waals surface area contributed by atoms with Gasteiger partial charge in [0.15, 0.2) is 11.8 Å². The highest BCUT2D eigenvalue weighted by molar-refractivity contribution is 7.89. The number of esters is 1. The van der Waals surface area contributed by atoms with Crippen LogP contribution < -0.4 is 10.0 Å². The van der Waals surface area contributed by atoms with Crippen LogP contribution in [0, 0.1) is 6.92 Å². The zero-order chi connectivity index (χ0) is 24.2. The Morgan fingerprint density at radius 2 is 1.64 bits per heavy atom. The van der Waals surface area contributed by atoms with Gasteiger partial charge in [-0.3, -0.25) is 4.79 Å². The van der Waals surface area contributed by atoms with Crippen molar-refractivity contribution < 1.29 is 22.7 Å². The summed E-state index contributed by atoms with van der Waals surface area (Å²) in [7, 11) is -3.63. The Labute approximate surface area is 197 Å². The summed E-state index contributed by atoms with van der Waals surface area (Å²) < 4.78 is 32.1. The first-order valence-electron chi connectivity index (χ1n) is 10.2. The van der Waals surface area contributed by atoms with E-state index in [0.717, 1.165) is 11.1 Å². The second kappa shape index (κ2) is 10.2. The Morgan fingerprint density at radius 3 is 2.24 bits per heavy atom. The number of hydrogen-bond donors (Lipinski definition) is 2. The zero-order valence-electron chi connectivity index (χ0n) is 18.7. The van der Waals surface area contributed by atoms with E-state index in [4.69, 9.17) is 4.74 Å². The molecule has 0 spiro atoms. The van der Waals surface area contributed by atoms with Gasteiger partial charge in [0.25, 0.3) is 5.91 Å². The molecule has 8 nitrogen and oxygen atoms in total. The van der Waals surface area contributed by atoms with Gasteiger partial charge in [0.05, 0.1) is 4.90 Å². The van der Waals surface area contributed by atoms with E-state index < -0.39 is 28.0 Å². The molecule has 1 atom stereocenters. The topological polar surface area (TPSA) is 114 Å². The number of nitrogens with one attached hydrogen (secondary N) is 2. The van der Waals surface area contributed by atoms with E-state index in [1.807, 2.05) is 31.2 Å². The molecule has 2 aromatic carbocycles. The van der Waals surface area contributed by atoms with Crippen molar-refractivity contribution in [2.75, 3.05) is 5.32 Å². The summed E-state index contributed by atoms with van der Waals surface area (Å²) in [5.74, 6) is -1.25. The van der Waals surface area contributed by atoms with Gasteiger partial charge in [0.1, 0.15) is 5.01 Å². The van der Waals surface area contributed by atoms with Gasteiger partial charge in [-0.1, -0.05) is 29.8 Å². The lowest BCUT2D eigenvalue weighted by molar-refractivity contribution is -0.123. The fraction of sp³-hybridized carbons (Fsp3) is 0.261. The summed E-state index contributed by atoms with van der Waals surface area (Å²) in [5, 5.41) is 4.88. The van der Waals surface area contributed by atoms with Gasteiger partial charge in [-0.25, -0.2) is 22.9 Å². The zero-order valence-corrected chi connectivity index (χ0v) is 20.3. The van der Waals surface area contributed by atoms with Gasteiger partial charge in [-0.2, -0.15) is 0 Å². The highest BCUT2D eigenvalue weighted by atomic mass is 32.2. The van der Waals surface area contributed by atoms with Crippen LogP contribution >= 0.6 is 11.3 Å². The molecular weight excluding hydrogens is 462 g/mol. The maximum Gasteiger partial charge on any atom is 0.358 e. The number of anilines is 1. The fourth-order valence-electron chi connectivity index (χ4n) is 2.81. The molecule has 1 unspecified atom stereocenters. The second-order valence-electron chi connectivity index (χ2n) is 7.74. The van der Waals surface area contributed by atoms with Crippen LogP contribution in [0.5, 0.6) is 0 Å². The number of amides is 1. The van der Waals surface area contributed by atoms with Crippen molar-refractivity contribution in [2.24, 2.45) is 0 Å². The lowest BCUT2D eigenvalue weighted by Crippen LogP contribution is -2.30. The van der Waals surface area contributed by atoms with E-state index in [9.17, 15) is 18.0 Å². The van der Waals surface area contributed by atoms with Crippen LogP contribution in [-0.2, 0) is 19.6 Å². The predicted molar refractivity (Wildman–Crippen MR) is 128 cm³/mol. The monoisotopic (exact) mass is 487 g/mol. The summed E-state index contributed by atoms with van der Waals surface area (Å²) in [6.07, 6.45) is -1.08. The second-order valence-corrected chi connectivity index (χ2v) is 10.3. The van der Waals surface area contributed by atoms with Gasteiger partial charge in [-0.05, 0) is 52.0 Å². The van der Waals surface area contributed by atoms with Crippen molar-refractivity contribution in [3.63, 3.8) is 0 Å². The smallest absolute Gasteiger partial charge is 0.358 e. The fourth-order valence-corrected chi connectivity index (χ4v) is 4.86. The number of rotatable bonds is 8. The Hall–Kier alpha value is -3.08. The molecule has 0 aliphatic heterocycles. The quantitative estimate of drug-likeness (QED) is 0.465. The molecule has 3 rings (SSSR count). The molecule has 0 saturated carbocycles. The minimum atomic E-state index is -3.63. The maximum absolute atomic E-state index is 12.4. The standard InChI is InChI=1S/C23H25N3O5S2/c1-14(2)26-33(29,30)19-11-9-18(10-12-19)24-21(27)16(4)31-23(28)20-13-32-22(25-20)17-7-5-15(3)6-8-17/h5-14,16,26H,1-4H3,(H,24,27). The molecule has 174 valence electrons. The SMILES string of the molecule is Cc1ccc(-c2nc(C(=O)OC(C)C(=O)Nc3ccc(S(=O)(=O)NC(C)C)cc3)cs2)cc1. The summed E-state index contributed by atoms with van der Waals surface area (Å²) in [6, 6.07) is 13.2. The lowest BCUT2D eigenvalue weighted by Gasteiger charge is -2.13. The number of carbonyl (C=O) groups excluding carboxylic acids is 2. The largest absolute Gasteiger partial charge is 0.448 e. The highest BCUT2D eigenvalue weighted by Crippen LogP contribution is 2.24. The molecule has 10 heteroatoms. The van der Waals surface area contributed by atoms with E-state index in [1.165, 1.54) is 42.5 Å². The molecule has 0 fully saturated rings. The summed E-state index contributed by atoms with van der Waals surface area (Å²) in [5.41, 5.74) is 2.52. The first-order chi connectivity index (χ1) is 15.5. The number of thiazole rings is 1. The Morgan fingerprint density at radius 1 is 1.00 bits per heavy atom. The first-order valence-corrected chi connectivity index (χ1v) is 12.6. The van der Waals surface area contributed by atoms with Crippen molar-refractivity contribution in [1.29, 1.82) is 0 Å². The summed E-state index contributed by atoms with van der Waals surface area (Å²) >= 11 is 1.31. The van der Waals surface area contributed by atoms with Crippen molar-refractivity contribution in [3.05, 3.63) is 65.2 Å². The van der Waals surface area contributed by atoms with E-state index in [0.29, 0.717) is 10.7 Å². The van der Waals surface area contributed by atoms with Crippen molar-refractivity contribution in [1.82, 2.24) is 9.71 Å². The molecule has 0 aliphatic rings. The third kappa shape index (κ3) is 6.47. The van der Waals surface area contributed by atoms with Crippen LogP contribution in [0.25, 0.3) is 10.6 Å². The molecule has 1 heterocycles. The van der Waals surface area contributed by atoms with Crippen LogP contribution in [-0.4, -0.2) is 37.4 Å². The highest BCUT2D eigenvalue weighted by Gasteiger charge is 2.22. The third-order valence-electron chi connectivity index (χ3n) is 4.49. The van der Waals surface area contributed by atoms with Crippen molar-refractivity contribution in [2.45, 2.75) is 44.7 Å². The molecule has 2 N–H and O–H groups in total. The normalized spacial score (nSPS) is 12.4. The third-order valence-corrected chi connectivity index (χ3v) is 7.05. The average molecular weight is 488 g/mol. The van der Waals surface area contributed by atoms with E-state index in [-0.39, 0.29) is 16.6 Å². The van der Waals surface area contributed by atoms with Gasteiger partial charge in [0, 0.05) is 22.7 Å². The number of carbonyl (C=O) groups is 2. The summed E-state index contributed by atoms with van der Waals surface area (Å²) in [6.45, 7) is 6.89. The van der Waals surface area contributed by atoms with E-state index in [1.54, 1.807) is 19.2 Å². The molecular formula is C23H25N3O5S2. The Balaban J connectivity index is 1.59. The molecule has 33 heavy (non-hydrogen) atoms. The van der Waals surface area contributed by atoms with Gasteiger partial charge >= 0.3 is 5.97 Å². The number of aromatic nitrogens is 1. The number of hydrogen-bond acceptors (Lipinski definition) is 7. The van der Waals surface area contributed by atoms with Gasteiger partial charge < -0.3 is 10.1 Å². The molecule has 0 radical (unpaired) electrons. The maximum atomic E-state index is 12.4. The van der Waals surface area contributed by atoms with Crippen molar-refractivity contribution in [3.8, 4) is 10.6 Å². The first kappa shape index (κ1) is 24.6. The lowest BCUT2D eigenvalue weighted by atomic mass is 10.2. The molecule has 3 aromatic rings. The molecule has 1 amide bonds. The van der Waals surface area contributed by atoms with Gasteiger partial charge in [0.2, 0.25) is 10.0 Å². The Kier molecular flexibility index (Phi) is 7.62. The van der Waals surface area contributed by atoms with Crippen LogP contribution in [0.1, 0.15) is 36.8 Å². The number of nitrogens with zero attached hydrogens (tertiary/aromatic N) is 1. The van der Waals surface area contributed by atoms with Crippen molar-refractivity contribution >= 4 is 38.9 Å².